The van der Waals surface area contributed by atoms with Gasteiger partial charge in [0.15, 0.2) is 0 Å². The van der Waals surface area contributed by atoms with Crippen LogP contribution < -0.4 is 15.8 Å². The van der Waals surface area contributed by atoms with E-state index in [1.165, 1.54) is 18.9 Å². The number of hydrogen-bond donors (Lipinski definition) is 2. The second-order valence-corrected chi connectivity index (χ2v) is 4.85. The quantitative estimate of drug-likeness (QED) is 0.858. The van der Waals surface area contributed by atoms with Crippen molar-refractivity contribution in [2.75, 3.05) is 13.2 Å². The van der Waals surface area contributed by atoms with E-state index in [0.717, 1.165) is 13.0 Å². The van der Waals surface area contributed by atoms with E-state index in [1.54, 1.807) is 12.1 Å². The number of carbonyl (C=O) groups is 1. The number of hydrogen-bond acceptors (Lipinski definition) is 3. The van der Waals surface area contributed by atoms with Gasteiger partial charge in [0.2, 0.25) is 5.91 Å². The first-order chi connectivity index (χ1) is 8.66. The van der Waals surface area contributed by atoms with Crippen LogP contribution in [-0.2, 0) is 0 Å². The van der Waals surface area contributed by atoms with Crippen LogP contribution in [0.15, 0.2) is 18.2 Å². The fraction of sp³-hybridized carbons (Fsp3) is 0.462. The first kappa shape index (κ1) is 13.2. The van der Waals surface area contributed by atoms with Gasteiger partial charge in [0.25, 0.3) is 0 Å². The van der Waals surface area contributed by atoms with Crippen LogP contribution in [0.5, 0.6) is 5.75 Å². The maximum atomic E-state index is 11.0. The molecule has 1 atom stereocenters. The molecule has 98 valence electrons. The molecule has 0 bridgehead atoms. The number of ether oxygens (including phenoxy) is 1. The summed E-state index contributed by atoms with van der Waals surface area (Å²) < 4.78 is 5.61. The van der Waals surface area contributed by atoms with Crippen LogP contribution in [0.1, 0.15) is 29.6 Å². The first-order valence-electron chi connectivity index (χ1n) is 6.12. The van der Waals surface area contributed by atoms with Crippen molar-refractivity contribution in [2.24, 2.45) is 5.73 Å². The van der Waals surface area contributed by atoms with Crippen LogP contribution in [0.4, 0.5) is 0 Å². The molecule has 0 saturated carbocycles. The first-order valence-corrected chi connectivity index (χ1v) is 6.50. The third kappa shape index (κ3) is 3.37. The number of amides is 1. The summed E-state index contributed by atoms with van der Waals surface area (Å²) in [6.07, 6.45) is 3.41. The summed E-state index contributed by atoms with van der Waals surface area (Å²) >= 11 is 6.02. The number of benzene rings is 1. The highest BCUT2D eigenvalue weighted by atomic mass is 35.5. The van der Waals surface area contributed by atoms with Gasteiger partial charge in [-0.25, -0.2) is 0 Å². The summed E-state index contributed by atoms with van der Waals surface area (Å²) in [5.41, 5.74) is 5.56. The van der Waals surface area contributed by atoms with Crippen LogP contribution >= 0.6 is 11.6 Å². The summed E-state index contributed by atoms with van der Waals surface area (Å²) in [6, 6.07) is 5.39. The molecule has 5 heteroatoms. The van der Waals surface area contributed by atoms with Crippen LogP contribution in [0.2, 0.25) is 5.02 Å². The van der Waals surface area contributed by atoms with Gasteiger partial charge in [0, 0.05) is 11.6 Å². The maximum absolute atomic E-state index is 11.0. The van der Waals surface area contributed by atoms with Gasteiger partial charge >= 0.3 is 0 Å². The molecule has 1 aliphatic heterocycles. The lowest BCUT2D eigenvalue weighted by atomic mass is 10.2. The molecule has 1 amide bonds. The molecule has 1 saturated heterocycles. The van der Waals surface area contributed by atoms with Crippen LogP contribution in [0.25, 0.3) is 0 Å². The topological polar surface area (TPSA) is 64.4 Å². The van der Waals surface area contributed by atoms with E-state index < -0.39 is 5.91 Å². The lowest BCUT2D eigenvalue weighted by Gasteiger charge is -2.12. The minimum atomic E-state index is -0.487. The molecule has 0 aliphatic carbocycles. The molecule has 1 aliphatic rings. The monoisotopic (exact) mass is 268 g/mol. The molecule has 2 rings (SSSR count). The van der Waals surface area contributed by atoms with E-state index in [0.29, 0.717) is 29.0 Å². The number of carbonyl (C=O) groups excluding carboxylic acids is 1. The van der Waals surface area contributed by atoms with Crippen molar-refractivity contribution in [1.29, 1.82) is 0 Å². The minimum Gasteiger partial charge on any atom is -0.492 e. The van der Waals surface area contributed by atoms with Crippen molar-refractivity contribution in [3.63, 3.8) is 0 Å². The molecule has 4 nitrogen and oxygen atoms in total. The largest absolute Gasteiger partial charge is 0.492 e. The fourth-order valence-corrected chi connectivity index (χ4v) is 2.32. The molecule has 1 aromatic rings. The van der Waals surface area contributed by atoms with Crippen molar-refractivity contribution in [1.82, 2.24) is 5.32 Å². The predicted octanol–water partition coefficient (Wildman–Crippen LogP) is 1.96. The molecule has 0 aromatic heterocycles. The van der Waals surface area contributed by atoms with Gasteiger partial charge in [-0.2, -0.15) is 0 Å². The Balaban J connectivity index is 1.87. The molecular weight excluding hydrogens is 252 g/mol. The van der Waals surface area contributed by atoms with Gasteiger partial charge in [-0.1, -0.05) is 11.6 Å². The fourth-order valence-electron chi connectivity index (χ4n) is 2.09. The average Bonchev–Trinajstić information content (AvgIpc) is 2.84. The van der Waals surface area contributed by atoms with Gasteiger partial charge in [0.05, 0.1) is 11.6 Å². The van der Waals surface area contributed by atoms with E-state index in [-0.39, 0.29) is 0 Å². The lowest BCUT2D eigenvalue weighted by Crippen LogP contribution is -2.23. The Morgan fingerprint density at radius 3 is 3.00 bits per heavy atom. The van der Waals surface area contributed by atoms with E-state index in [4.69, 9.17) is 22.1 Å². The Morgan fingerprint density at radius 2 is 2.39 bits per heavy atom. The third-order valence-electron chi connectivity index (χ3n) is 3.10. The number of rotatable bonds is 5. The van der Waals surface area contributed by atoms with Gasteiger partial charge in [0.1, 0.15) is 5.75 Å². The maximum Gasteiger partial charge on any atom is 0.248 e. The number of halogens is 1. The van der Waals surface area contributed by atoms with Crippen LogP contribution in [0.3, 0.4) is 0 Å². The molecule has 1 aromatic carbocycles. The molecule has 3 N–H and O–H groups in total. The highest BCUT2D eigenvalue weighted by Crippen LogP contribution is 2.25. The van der Waals surface area contributed by atoms with E-state index in [2.05, 4.69) is 5.32 Å². The summed E-state index contributed by atoms with van der Waals surface area (Å²) in [5.74, 6) is 0.110. The van der Waals surface area contributed by atoms with Crippen molar-refractivity contribution in [3.05, 3.63) is 28.8 Å². The molecule has 0 spiro atoms. The van der Waals surface area contributed by atoms with E-state index in [1.807, 2.05) is 0 Å². The Bertz CT molecular complexity index is 431. The summed E-state index contributed by atoms with van der Waals surface area (Å²) in [5, 5.41) is 3.83. The van der Waals surface area contributed by atoms with Gasteiger partial charge < -0.3 is 15.8 Å². The lowest BCUT2D eigenvalue weighted by molar-refractivity contribution is 0.100. The molecule has 0 radical (unpaired) electrons. The zero-order valence-electron chi connectivity index (χ0n) is 10.1. The Morgan fingerprint density at radius 1 is 1.56 bits per heavy atom. The summed E-state index contributed by atoms with van der Waals surface area (Å²) in [7, 11) is 0. The predicted molar refractivity (Wildman–Crippen MR) is 71.1 cm³/mol. The highest BCUT2D eigenvalue weighted by Gasteiger charge is 2.14. The van der Waals surface area contributed by atoms with Crippen molar-refractivity contribution >= 4 is 17.5 Å². The van der Waals surface area contributed by atoms with E-state index >= 15 is 0 Å². The zero-order chi connectivity index (χ0) is 13.0. The molecular formula is C13H17ClN2O2. The normalized spacial score (nSPS) is 18.8. The van der Waals surface area contributed by atoms with Crippen molar-refractivity contribution < 1.29 is 9.53 Å². The Labute approximate surface area is 111 Å². The summed E-state index contributed by atoms with van der Waals surface area (Å²) in [6.45, 7) is 1.71. The Hall–Kier alpha value is -1.26. The van der Waals surface area contributed by atoms with E-state index in [9.17, 15) is 4.79 Å². The molecule has 18 heavy (non-hydrogen) atoms. The SMILES string of the molecule is NC(=O)c1ccc(OCCC2CCCN2)c(Cl)c1. The third-order valence-corrected chi connectivity index (χ3v) is 3.40. The minimum absolute atomic E-state index is 0.393. The summed E-state index contributed by atoms with van der Waals surface area (Å²) in [4.78, 5) is 11.0. The van der Waals surface area contributed by atoms with Crippen LogP contribution in [0, 0.1) is 0 Å². The Kier molecular flexibility index (Phi) is 4.44. The molecule has 1 unspecified atom stereocenters. The second kappa shape index (κ2) is 6.07. The van der Waals surface area contributed by atoms with Gasteiger partial charge in [-0.3, -0.25) is 4.79 Å². The standard InChI is InChI=1S/C13H17ClN2O2/c14-11-8-9(13(15)17)3-4-12(11)18-7-5-10-2-1-6-16-10/h3-4,8,10,16H,1-2,5-7H2,(H2,15,17). The smallest absolute Gasteiger partial charge is 0.248 e. The number of nitrogens with one attached hydrogen (secondary N) is 1. The van der Waals surface area contributed by atoms with Crippen molar-refractivity contribution in [3.8, 4) is 5.75 Å². The second-order valence-electron chi connectivity index (χ2n) is 4.44. The van der Waals surface area contributed by atoms with Crippen LogP contribution in [-0.4, -0.2) is 25.1 Å². The van der Waals surface area contributed by atoms with Crippen molar-refractivity contribution in [2.45, 2.75) is 25.3 Å². The molecule has 1 heterocycles. The molecule has 1 fully saturated rings. The number of primary amides is 1. The zero-order valence-corrected chi connectivity index (χ0v) is 10.9. The highest BCUT2D eigenvalue weighted by molar-refractivity contribution is 6.32. The van der Waals surface area contributed by atoms with Gasteiger partial charge in [-0.05, 0) is 44.0 Å². The van der Waals surface area contributed by atoms with Gasteiger partial charge in [-0.15, -0.1) is 0 Å². The average molecular weight is 269 g/mol. The number of nitrogens with two attached hydrogens (primary N) is 1.